The SMILES string of the molecule is CCCCC1=[S+]C2=CC=CC=CC2C1=[C-]OCC. The van der Waals surface area contributed by atoms with Gasteiger partial charge in [0, 0.05) is 0 Å². The van der Waals surface area contributed by atoms with Crippen molar-refractivity contribution in [2.75, 3.05) is 6.61 Å². The van der Waals surface area contributed by atoms with Gasteiger partial charge in [0.1, 0.15) is 11.4 Å². The minimum atomic E-state index is 0.350. The highest BCUT2D eigenvalue weighted by molar-refractivity contribution is 7.83. The third-order valence-corrected chi connectivity index (χ3v) is 4.33. The lowest BCUT2D eigenvalue weighted by atomic mass is 9.94. The Kier molecular flexibility index (Phi) is 4.94. The van der Waals surface area contributed by atoms with Crippen molar-refractivity contribution in [2.24, 2.45) is 5.92 Å². The fourth-order valence-corrected chi connectivity index (χ4v) is 3.37. The first-order valence-corrected chi connectivity index (χ1v) is 7.52. The molecule has 0 saturated carbocycles. The van der Waals surface area contributed by atoms with Crippen molar-refractivity contribution in [3.8, 4) is 0 Å². The van der Waals surface area contributed by atoms with Gasteiger partial charge in [0.05, 0.1) is 17.4 Å². The molecule has 0 radical (unpaired) electrons. The van der Waals surface area contributed by atoms with Crippen molar-refractivity contribution in [1.82, 2.24) is 0 Å². The molecule has 0 bridgehead atoms. The fourth-order valence-electron chi connectivity index (χ4n) is 2.09. The molecule has 1 atom stereocenters. The van der Waals surface area contributed by atoms with Gasteiger partial charge in [-0.05, 0) is 19.4 Å². The first-order valence-electron chi connectivity index (χ1n) is 6.70. The van der Waals surface area contributed by atoms with Crippen LogP contribution in [0.15, 0.2) is 40.9 Å². The summed E-state index contributed by atoms with van der Waals surface area (Å²) in [4.78, 5) is 2.83. The van der Waals surface area contributed by atoms with Gasteiger partial charge < -0.3 is 4.74 Å². The van der Waals surface area contributed by atoms with Crippen LogP contribution in [0, 0.1) is 12.2 Å². The molecule has 0 fully saturated rings. The predicted molar refractivity (Wildman–Crippen MR) is 80.1 cm³/mol. The molecule has 0 N–H and O–H groups in total. The van der Waals surface area contributed by atoms with Gasteiger partial charge >= 0.3 is 0 Å². The zero-order valence-electron chi connectivity index (χ0n) is 11.1. The van der Waals surface area contributed by atoms with Crippen molar-refractivity contribution in [1.29, 1.82) is 0 Å². The first-order chi connectivity index (χ1) is 8.86. The van der Waals surface area contributed by atoms with E-state index in [1.54, 1.807) is 0 Å². The fraction of sp³-hybridized carbons (Fsp3) is 0.438. The van der Waals surface area contributed by atoms with Crippen LogP contribution in [0.1, 0.15) is 33.1 Å². The minimum Gasteiger partial charge on any atom is -0.593 e. The second-order valence-corrected chi connectivity index (χ2v) is 5.56. The quantitative estimate of drug-likeness (QED) is 0.240. The molecule has 1 aliphatic carbocycles. The molecule has 96 valence electrons. The van der Waals surface area contributed by atoms with E-state index in [2.05, 4.69) is 43.6 Å². The van der Waals surface area contributed by atoms with E-state index in [9.17, 15) is 0 Å². The number of hydrogen-bond acceptors (Lipinski definition) is 1. The number of rotatable bonds is 5. The lowest BCUT2D eigenvalue weighted by Gasteiger charge is -2.14. The summed E-state index contributed by atoms with van der Waals surface area (Å²) >= 11 is 1.90. The van der Waals surface area contributed by atoms with Crippen LogP contribution < -0.4 is 0 Å². The van der Waals surface area contributed by atoms with Crippen molar-refractivity contribution in [2.45, 2.75) is 33.1 Å². The Balaban J connectivity index is 2.25. The number of fused-ring (bicyclic) bond motifs is 1. The smallest absolute Gasteiger partial charge is 0.195 e. The predicted octanol–water partition coefficient (Wildman–Crippen LogP) is 3.79. The Morgan fingerprint density at radius 3 is 2.94 bits per heavy atom. The van der Waals surface area contributed by atoms with Crippen molar-refractivity contribution in [3.05, 3.63) is 47.1 Å². The van der Waals surface area contributed by atoms with Crippen LogP contribution in [0.25, 0.3) is 0 Å². The van der Waals surface area contributed by atoms with Crippen LogP contribution in [0.5, 0.6) is 0 Å². The highest BCUT2D eigenvalue weighted by Gasteiger charge is 2.30. The molecule has 0 aromatic rings. The van der Waals surface area contributed by atoms with E-state index >= 15 is 0 Å². The zero-order chi connectivity index (χ0) is 12.8. The highest BCUT2D eigenvalue weighted by atomic mass is 32.1. The van der Waals surface area contributed by atoms with Gasteiger partial charge in [-0.15, -0.1) is 5.57 Å². The monoisotopic (exact) mass is 260 g/mol. The van der Waals surface area contributed by atoms with E-state index in [-0.39, 0.29) is 0 Å². The number of unbranched alkanes of at least 4 members (excludes halogenated alkanes) is 1. The molecular weight excluding hydrogens is 240 g/mol. The van der Waals surface area contributed by atoms with E-state index < -0.39 is 0 Å². The number of ether oxygens (including phenoxy) is 1. The highest BCUT2D eigenvalue weighted by Crippen LogP contribution is 2.32. The molecular formula is C16H20OS. The normalized spacial score (nSPS) is 23.7. The third-order valence-electron chi connectivity index (χ3n) is 3.03. The molecule has 1 unspecified atom stereocenters. The standard InChI is InChI=1S/C16H20OS/c1-3-5-10-16-14(12-17-4-2)13-9-7-6-8-11-15(13)18-16/h6-9,11,13H,3-5,10H2,1-2H3. The van der Waals surface area contributed by atoms with Gasteiger partial charge in [-0.1, -0.05) is 50.3 Å². The molecule has 0 aromatic carbocycles. The van der Waals surface area contributed by atoms with Crippen LogP contribution in [0.2, 0.25) is 0 Å². The topological polar surface area (TPSA) is 9.23 Å². The molecule has 1 nitrogen and oxygen atoms in total. The largest absolute Gasteiger partial charge is 0.593 e. The Bertz CT molecular complexity index is 438. The first kappa shape index (κ1) is 13.3. The second kappa shape index (κ2) is 6.69. The number of allylic oxidation sites excluding steroid dienone is 7. The maximum atomic E-state index is 5.41. The van der Waals surface area contributed by atoms with Crippen molar-refractivity contribution >= 4 is 16.2 Å². The Morgan fingerprint density at radius 2 is 2.17 bits per heavy atom. The molecule has 1 heterocycles. The molecule has 1 aliphatic heterocycles. The molecule has 0 amide bonds. The molecule has 2 heteroatoms. The average molecular weight is 260 g/mol. The van der Waals surface area contributed by atoms with Gasteiger partial charge in [0.15, 0.2) is 4.91 Å². The molecule has 0 saturated heterocycles. The molecule has 0 aromatic heterocycles. The maximum Gasteiger partial charge on any atom is 0.195 e. The minimum absolute atomic E-state index is 0.350. The van der Waals surface area contributed by atoms with Crippen LogP contribution in [0.4, 0.5) is 0 Å². The maximum absolute atomic E-state index is 5.41. The molecule has 2 rings (SSSR count). The van der Waals surface area contributed by atoms with Crippen molar-refractivity contribution in [3.63, 3.8) is 0 Å². The Morgan fingerprint density at radius 1 is 1.28 bits per heavy atom. The summed E-state index contributed by atoms with van der Waals surface area (Å²) in [6.07, 6.45) is 17.5. The Labute approximate surface area is 114 Å². The lowest BCUT2D eigenvalue weighted by molar-refractivity contribution is 0.243. The second-order valence-electron chi connectivity index (χ2n) is 4.39. The van der Waals surface area contributed by atoms with Gasteiger partial charge in [0.2, 0.25) is 0 Å². The third kappa shape index (κ3) is 2.99. The Hall–Kier alpha value is -1.15. The van der Waals surface area contributed by atoms with Gasteiger partial charge in [-0.3, -0.25) is 0 Å². The van der Waals surface area contributed by atoms with E-state index in [1.807, 2.05) is 18.3 Å². The summed E-state index contributed by atoms with van der Waals surface area (Å²) in [5.41, 5.74) is 1.24. The van der Waals surface area contributed by atoms with E-state index in [0.717, 1.165) is 6.42 Å². The van der Waals surface area contributed by atoms with E-state index in [1.165, 1.54) is 28.2 Å². The summed E-state index contributed by atoms with van der Waals surface area (Å²) in [7, 11) is 0. The van der Waals surface area contributed by atoms with Crippen LogP contribution >= 0.6 is 0 Å². The van der Waals surface area contributed by atoms with E-state index in [0.29, 0.717) is 12.5 Å². The summed E-state index contributed by atoms with van der Waals surface area (Å²) in [5.74, 6) is 0.350. The van der Waals surface area contributed by atoms with Gasteiger partial charge in [-0.2, -0.15) is 0 Å². The molecule has 0 spiro atoms. The van der Waals surface area contributed by atoms with Crippen LogP contribution in [0.3, 0.4) is 0 Å². The lowest BCUT2D eigenvalue weighted by Crippen LogP contribution is -2.06. The molecule has 18 heavy (non-hydrogen) atoms. The summed E-state index contributed by atoms with van der Waals surface area (Å²) in [6, 6.07) is 0. The van der Waals surface area contributed by atoms with Gasteiger partial charge in [0.25, 0.3) is 0 Å². The van der Waals surface area contributed by atoms with Crippen LogP contribution in [-0.2, 0) is 16.1 Å². The van der Waals surface area contributed by atoms with Crippen LogP contribution in [-0.4, -0.2) is 11.5 Å². The molecule has 2 aliphatic rings. The number of hydrogen-bond donors (Lipinski definition) is 0. The summed E-state index contributed by atoms with van der Waals surface area (Å²) in [5, 5.41) is 0. The summed E-state index contributed by atoms with van der Waals surface area (Å²) < 4.78 is 5.41. The summed E-state index contributed by atoms with van der Waals surface area (Å²) in [6.45, 7) is 4.92. The average Bonchev–Trinajstić information content (AvgIpc) is 2.56. The van der Waals surface area contributed by atoms with Crippen molar-refractivity contribution < 1.29 is 4.74 Å². The van der Waals surface area contributed by atoms with Gasteiger partial charge in [-0.25, -0.2) is 0 Å². The zero-order valence-corrected chi connectivity index (χ0v) is 11.9. The van der Waals surface area contributed by atoms with E-state index in [4.69, 9.17) is 4.74 Å².